The Kier molecular flexibility index (Phi) is 7.74. The largest absolute Gasteiger partial charge is 0.462 e. The van der Waals surface area contributed by atoms with E-state index in [1.807, 2.05) is 6.07 Å². The minimum absolute atomic E-state index is 0.0230. The summed E-state index contributed by atoms with van der Waals surface area (Å²) < 4.78 is 29.9. The van der Waals surface area contributed by atoms with Gasteiger partial charge in [0.15, 0.2) is 9.84 Å². The molecule has 0 saturated heterocycles. The molecule has 1 N–H and O–H groups in total. The van der Waals surface area contributed by atoms with Crippen molar-refractivity contribution in [3.63, 3.8) is 0 Å². The predicted molar refractivity (Wildman–Crippen MR) is 159 cm³/mol. The number of pyridine rings is 2. The summed E-state index contributed by atoms with van der Waals surface area (Å²) in [6, 6.07) is 12.5. The van der Waals surface area contributed by atoms with Crippen LogP contribution in [0.25, 0.3) is 0 Å². The number of hydrogen-bond donors (Lipinski definition) is 1. The summed E-state index contributed by atoms with van der Waals surface area (Å²) in [5.74, 6) is 0.0655. The molecule has 220 valence electrons. The molecular formula is C32H36N4O5S. The Morgan fingerprint density at radius 2 is 1.69 bits per heavy atom. The SMILES string of the molecule is CCOC(=O)c1cc(S(=O)(=O)CC)ccc1CNC(=O)c1ccc2c(n1)CCCN2c1cc(C2CC2)nc(C2CC2)c1. The third kappa shape index (κ3) is 5.90. The van der Waals surface area contributed by atoms with Crippen molar-refractivity contribution < 1.29 is 22.7 Å². The zero-order valence-electron chi connectivity index (χ0n) is 24.1. The van der Waals surface area contributed by atoms with Crippen LogP contribution in [0.15, 0.2) is 47.4 Å². The van der Waals surface area contributed by atoms with E-state index in [4.69, 9.17) is 14.7 Å². The third-order valence-corrected chi connectivity index (χ3v) is 9.91. The fourth-order valence-electron chi connectivity index (χ4n) is 5.47. The molecule has 0 bridgehead atoms. The van der Waals surface area contributed by atoms with Crippen LogP contribution < -0.4 is 10.2 Å². The van der Waals surface area contributed by atoms with E-state index in [9.17, 15) is 18.0 Å². The molecule has 3 heterocycles. The van der Waals surface area contributed by atoms with Crippen LogP contribution in [0, 0.1) is 0 Å². The van der Waals surface area contributed by atoms with Gasteiger partial charge < -0.3 is 15.0 Å². The fraction of sp³-hybridized carbons (Fsp3) is 0.438. The molecule has 2 saturated carbocycles. The zero-order valence-corrected chi connectivity index (χ0v) is 24.9. The summed E-state index contributed by atoms with van der Waals surface area (Å²) in [6.07, 6.45) is 6.55. The van der Waals surface area contributed by atoms with E-state index in [-0.39, 0.29) is 35.3 Å². The molecule has 0 atom stereocenters. The molecule has 1 amide bonds. The van der Waals surface area contributed by atoms with Crippen LogP contribution in [0.2, 0.25) is 0 Å². The molecule has 0 radical (unpaired) electrons. The van der Waals surface area contributed by atoms with Crippen molar-refractivity contribution in [2.24, 2.45) is 0 Å². The number of esters is 1. The Bertz CT molecular complexity index is 1620. The van der Waals surface area contributed by atoms with Gasteiger partial charge in [-0.25, -0.2) is 18.2 Å². The summed E-state index contributed by atoms with van der Waals surface area (Å²) in [6.45, 7) is 4.29. The van der Waals surface area contributed by atoms with Crippen molar-refractivity contribution >= 4 is 33.1 Å². The molecule has 2 aliphatic carbocycles. The number of anilines is 2. The first-order chi connectivity index (χ1) is 20.3. The highest BCUT2D eigenvalue weighted by molar-refractivity contribution is 7.91. The lowest BCUT2D eigenvalue weighted by Crippen LogP contribution is -2.28. The molecule has 2 fully saturated rings. The number of carbonyl (C=O) groups excluding carboxylic acids is 2. The highest BCUT2D eigenvalue weighted by Gasteiger charge is 2.32. The lowest BCUT2D eigenvalue weighted by atomic mass is 10.0. The zero-order chi connectivity index (χ0) is 29.4. The van der Waals surface area contributed by atoms with Crippen molar-refractivity contribution in [3.8, 4) is 0 Å². The van der Waals surface area contributed by atoms with Gasteiger partial charge in [0, 0.05) is 42.0 Å². The first-order valence-electron chi connectivity index (χ1n) is 14.9. The quantitative estimate of drug-likeness (QED) is 0.321. The Hall–Kier alpha value is -3.79. The molecular weight excluding hydrogens is 552 g/mol. The first kappa shape index (κ1) is 28.3. The molecule has 1 aromatic carbocycles. The molecule has 0 spiro atoms. The average molecular weight is 589 g/mol. The Balaban J connectivity index is 1.21. The number of nitrogens with one attached hydrogen (secondary N) is 1. The maximum absolute atomic E-state index is 13.2. The summed E-state index contributed by atoms with van der Waals surface area (Å²) in [4.78, 5) is 37.9. The van der Waals surface area contributed by atoms with Crippen molar-refractivity contribution in [1.82, 2.24) is 15.3 Å². The van der Waals surface area contributed by atoms with Gasteiger partial charge in [0.05, 0.1) is 34.2 Å². The number of carbonyl (C=O) groups is 2. The maximum Gasteiger partial charge on any atom is 0.338 e. The van der Waals surface area contributed by atoms with Crippen molar-refractivity contribution in [1.29, 1.82) is 0 Å². The molecule has 6 rings (SSSR count). The molecule has 3 aliphatic rings. The van der Waals surface area contributed by atoms with E-state index in [1.54, 1.807) is 26.0 Å². The van der Waals surface area contributed by atoms with Gasteiger partial charge in [0.25, 0.3) is 5.91 Å². The smallest absolute Gasteiger partial charge is 0.338 e. The van der Waals surface area contributed by atoms with E-state index < -0.39 is 15.8 Å². The first-order valence-corrected chi connectivity index (χ1v) is 16.5. The number of amides is 1. The predicted octanol–water partition coefficient (Wildman–Crippen LogP) is 5.22. The Labute approximate surface area is 246 Å². The van der Waals surface area contributed by atoms with E-state index in [1.165, 1.54) is 49.2 Å². The minimum Gasteiger partial charge on any atom is -0.462 e. The molecule has 2 aromatic heterocycles. The number of aromatic nitrogens is 2. The molecule has 42 heavy (non-hydrogen) atoms. The number of hydrogen-bond acceptors (Lipinski definition) is 8. The number of fused-ring (bicyclic) bond motifs is 1. The molecule has 9 nitrogen and oxygen atoms in total. The summed E-state index contributed by atoms with van der Waals surface area (Å²) in [5, 5.41) is 2.85. The number of nitrogens with zero attached hydrogens (tertiary/aromatic N) is 3. The van der Waals surface area contributed by atoms with Gasteiger partial charge in [-0.1, -0.05) is 13.0 Å². The second-order valence-electron chi connectivity index (χ2n) is 11.3. The van der Waals surface area contributed by atoms with Gasteiger partial charge >= 0.3 is 5.97 Å². The fourth-order valence-corrected chi connectivity index (χ4v) is 6.37. The highest BCUT2D eigenvalue weighted by Crippen LogP contribution is 2.45. The molecule has 10 heteroatoms. The Morgan fingerprint density at radius 1 is 0.976 bits per heavy atom. The molecule has 0 unspecified atom stereocenters. The van der Waals surface area contributed by atoms with Gasteiger partial charge in [-0.3, -0.25) is 9.78 Å². The number of ether oxygens (including phenoxy) is 1. The van der Waals surface area contributed by atoms with Gasteiger partial charge in [-0.15, -0.1) is 0 Å². The van der Waals surface area contributed by atoms with Crippen LogP contribution in [-0.4, -0.2) is 49.2 Å². The normalized spacial score (nSPS) is 16.6. The van der Waals surface area contributed by atoms with E-state index in [2.05, 4.69) is 22.3 Å². The summed E-state index contributed by atoms with van der Waals surface area (Å²) in [7, 11) is -3.51. The van der Waals surface area contributed by atoms with Gasteiger partial charge in [0.1, 0.15) is 5.69 Å². The van der Waals surface area contributed by atoms with Gasteiger partial charge in [0.2, 0.25) is 0 Å². The van der Waals surface area contributed by atoms with E-state index >= 15 is 0 Å². The Morgan fingerprint density at radius 3 is 2.33 bits per heavy atom. The standard InChI is InChI=1S/C32H36N4O5S/c1-3-41-32(38)25-18-24(42(39,40)4-2)12-11-22(25)19-33-31(37)27-13-14-30-26(34-27)6-5-15-36(30)23-16-28(20-7-8-20)35-29(17-23)21-9-10-21/h11-14,16-18,20-21H,3-10,15,19H2,1-2H3,(H,33,37). The van der Waals surface area contributed by atoms with Crippen molar-refractivity contribution in [2.45, 2.75) is 75.6 Å². The number of rotatable bonds is 10. The van der Waals surface area contributed by atoms with Crippen LogP contribution in [0.3, 0.4) is 0 Å². The van der Waals surface area contributed by atoms with Crippen molar-refractivity contribution in [3.05, 3.63) is 76.4 Å². The number of sulfone groups is 1. The minimum atomic E-state index is -3.51. The van der Waals surface area contributed by atoms with Gasteiger partial charge in [-0.2, -0.15) is 0 Å². The van der Waals surface area contributed by atoms with Crippen molar-refractivity contribution in [2.75, 3.05) is 23.8 Å². The summed E-state index contributed by atoms with van der Waals surface area (Å²) >= 11 is 0. The van der Waals surface area contributed by atoms with Crippen LogP contribution >= 0.6 is 0 Å². The van der Waals surface area contributed by atoms with Gasteiger partial charge in [-0.05, 0) is 87.4 Å². The van der Waals surface area contributed by atoms with Crippen LogP contribution in [0.1, 0.15) is 101 Å². The molecule has 1 aliphatic heterocycles. The third-order valence-electron chi connectivity index (χ3n) is 8.18. The number of aryl methyl sites for hydroxylation is 1. The summed E-state index contributed by atoms with van der Waals surface area (Å²) in [5.41, 5.74) is 6.35. The topological polar surface area (TPSA) is 119 Å². The second-order valence-corrected chi connectivity index (χ2v) is 13.5. The highest BCUT2D eigenvalue weighted by atomic mass is 32.2. The number of benzene rings is 1. The molecule has 3 aromatic rings. The second kappa shape index (κ2) is 11.5. The van der Waals surface area contributed by atoms with E-state index in [0.717, 1.165) is 36.5 Å². The van der Waals surface area contributed by atoms with Crippen LogP contribution in [0.5, 0.6) is 0 Å². The monoisotopic (exact) mass is 588 g/mol. The average Bonchev–Trinajstić information content (AvgIpc) is 3.92. The van der Waals surface area contributed by atoms with E-state index in [0.29, 0.717) is 23.1 Å². The van der Waals surface area contributed by atoms with Crippen LogP contribution in [-0.2, 0) is 27.5 Å². The lowest BCUT2D eigenvalue weighted by molar-refractivity contribution is 0.0524. The lowest BCUT2D eigenvalue weighted by Gasteiger charge is -2.31. The maximum atomic E-state index is 13.2. The van der Waals surface area contributed by atoms with Crippen LogP contribution in [0.4, 0.5) is 11.4 Å².